The number of carbonyl (C=O) groups is 2. The molecule has 1 aliphatic heterocycles. The van der Waals surface area contributed by atoms with E-state index < -0.39 is 17.0 Å². The number of piperidine rings is 1. The van der Waals surface area contributed by atoms with Gasteiger partial charge in [-0.2, -0.15) is 0 Å². The van der Waals surface area contributed by atoms with E-state index in [1.54, 1.807) is 4.90 Å². The Morgan fingerprint density at radius 1 is 1.30 bits per heavy atom. The highest BCUT2D eigenvalue weighted by Gasteiger charge is 2.63. The number of nitrogens with zero attached hydrogens (tertiary/aromatic N) is 1. The zero-order chi connectivity index (χ0) is 15.3. The average Bonchev–Trinajstić information content (AvgIpc) is 2.24. The first-order valence-corrected chi connectivity index (χ1v) is 7.28. The van der Waals surface area contributed by atoms with Crippen molar-refractivity contribution in [3.05, 3.63) is 0 Å². The van der Waals surface area contributed by atoms with Gasteiger partial charge in [0.15, 0.2) is 0 Å². The summed E-state index contributed by atoms with van der Waals surface area (Å²) >= 11 is 0. The number of fused-ring (bicyclic) bond motifs is 1. The molecule has 2 rings (SSSR count). The molecule has 0 radical (unpaired) electrons. The summed E-state index contributed by atoms with van der Waals surface area (Å²) in [6.07, 6.45) is 1.41. The molecule has 0 aromatic rings. The van der Waals surface area contributed by atoms with Gasteiger partial charge in [0.25, 0.3) is 0 Å². The Balaban J connectivity index is 2.17. The second-order valence-electron chi connectivity index (χ2n) is 7.56. The van der Waals surface area contributed by atoms with Crippen molar-refractivity contribution >= 4 is 12.1 Å². The molecular weight excluding hydrogens is 258 g/mol. The van der Waals surface area contributed by atoms with Crippen molar-refractivity contribution < 1.29 is 19.4 Å². The number of aliphatic carboxylic acids is 1. The van der Waals surface area contributed by atoms with Crippen molar-refractivity contribution in [2.24, 2.45) is 17.3 Å². The van der Waals surface area contributed by atoms with E-state index in [4.69, 9.17) is 4.74 Å². The molecule has 5 nitrogen and oxygen atoms in total. The second-order valence-corrected chi connectivity index (χ2v) is 7.56. The molecule has 1 saturated carbocycles. The molecule has 0 aromatic carbocycles. The first kappa shape index (κ1) is 15.1. The van der Waals surface area contributed by atoms with Gasteiger partial charge < -0.3 is 14.7 Å². The number of carbonyl (C=O) groups excluding carboxylic acids is 1. The van der Waals surface area contributed by atoms with E-state index in [9.17, 15) is 14.7 Å². The highest BCUT2D eigenvalue weighted by Crippen LogP contribution is 2.57. The third-order valence-corrected chi connectivity index (χ3v) is 4.56. The van der Waals surface area contributed by atoms with Gasteiger partial charge in [0.1, 0.15) is 5.60 Å². The van der Waals surface area contributed by atoms with Gasteiger partial charge >= 0.3 is 12.1 Å². The summed E-state index contributed by atoms with van der Waals surface area (Å²) in [6, 6.07) is -0.0211. The third-order valence-electron chi connectivity index (χ3n) is 4.56. The van der Waals surface area contributed by atoms with E-state index in [1.807, 2.05) is 34.6 Å². The highest BCUT2D eigenvalue weighted by molar-refractivity contribution is 5.75. The smallest absolute Gasteiger partial charge is 0.410 e. The van der Waals surface area contributed by atoms with Gasteiger partial charge in [0.05, 0.1) is 5.92 Å². The molecule has 1 amide bonds. The van der Waals surface area contributed by atoms with Crippen LogP contribution in [-0.2, 0) is 9.53 Å². The van der Waals surface area contributed by atoms with Crippen LogP contribution in [-0.4, -0.2) is 40.3 Å². The molecule has 0 spiro atoms. The van der Waals surface area contributed by atoms with Gasteiger partial charge in [-0.15, -0.1) is 0 Å². The third kappa shape index (κ3) is 2.38. The molecule has 1 heterocycles. The number of carboxylic acids is 1. The van der Waals surface area contributed by atoms with Crippen molar-refractivity contribution in [2.45, 2.75) is 59.1 Å². The SMILES string of the molecule is CC(C)(C)OC(=O)N1CCC[C@@H]2[C@@H](C(=O)O)C(C)(C)[C@@H]21. The van der Waals surface area contributed by atoms with E-state index in [1.165, 1.54) is 0 Å². The fourth-order valence-electron chi connectivity index (χ4n) is 3.97. The molecule has 1 saturated heterocycles. The van der Waals surface area contributed by atoms with Crippen LogP contribution < -0.4 is 0 Å². The Labute approximate surface area is 120 Å². The van der Waals surface area contributed by atoms with Crippen molar-refractivity contribution in [3.8, 4) is 0 Å². The lowest BCUT2D eigenvalue weighted by molar-refractivity contribution is -0.183. The van der Waals surface area contributed by atoms with Crippen LogP contribution in [0.4, 0.5) is 4.79 Å². The number of amides is 1. The molecule has 20 heavy (non-hydrogen) atoms. The van der Waals surface area contributed by atoms with Gasteiger partial charge in [-0.25, -0.2) is 4.79 Å². The fraction of sp³-hybridized carbons (Fsp3) is 0.867. The molecular formula is C15H25NO4. The van der Waals surface area contributed by atoms with Crippen molar-refractivity contribution in [1.29, 1.82) is 0 Å². The van der Waals surface area contributed by atoms with Crippen molar-refractivity contribution in [2.75, 3.05) is 6.54 Å². The van der Waals surface area contributed by atoms with Crippen LogP contribution in [0.3, 0.4) is 0 Å². The maximum absolute atomic E-state index is 12.3. The molecule has 0 unspecified atom stereocenters. The minimum atomic E-state index is -0.748. The van der Waals surface area contributed by atoms with Crippen molar-refractivity contribution in [1.82, 2.24) is 4.90 Å². The van der Waals surface area contributed by atoms with Gasteiger partial charge in [-0.3, -0.25) is 4.79 Å². The van der Waals surface area contributed by atoms with Crippen LogP contribution in [0.5, 0.6) is 0 Å². The molecule has 114 valence electrons. The Kier molecular flexibility index (Phi) is 3.51. The van der Waals surface area contributed by atoms with Crippen LogP contribution >= 0.6 is 0 Å². The largest absolute Gasteiger partial charge is 0.481 e. The Hall–Kier alpha value is -1.26. The molecule has 5 heteroatoms. The summed E-state index contributed by atoms with van der Waals surface area (Å²) in [4.78, 5) is 25.5. The molecule has 1 aliphatic carbocycles. The van der Waals surface area contributed by atoms with E-state index in [0.717, 1.165) is 12.8 Å². The standard InChI is InChI=1S/C15H25NO4/c1-14(2,3)20-13(19)16-8-6-7-9-10(12(17)18)15(4,5)11(9)16/h9-11H,6-8H2,1-5H3,(H,17,18)/t9-,10+,11-/m1/s1. The molecule has 0 bridgehead atoms. The molecule has 0 aromatic heterocycles. The number of likely N-dealkylation sites (tertiary alicyclic amines) is 1. The number of ether oxygens (including phenoxy) is 1. The summed E-state index contributed by atoms with van der Waals surface area (Å²) in [6.45, 7) is 10.1. The lowest BCUT2D eigenvalue weighted by Gasteiger charge is -2.62. The quantitative estimate of drug-likeness (QED) is 0.803. The van der Waals surface area contributed by atoms with Crippen LogP contribution in [0.25, 0.3) is 0 Å². The first-order chi connectivity index (χ1) is 9.05. The Morgan fingerprint density at radius 3 is 2.40 bits per heavy atom. The minimum Gasteiger partial charge on any atom is -0.481 e. The summed E-state index contributed by atoms with van der Waals surface area (Å²) in [7, 11) is 0. The predicted molar refractivity (Wildman–Crippen MR) is 74.4 cm³/mol. The van der Waals surface area contributed by atoms with Gasteiger partial charge in [-0.05, 0) is 44.9 Å². The predicted octanol–water partition coefficient (Wildman–Crippen LogP) is 2.74. The lowest BCUT2D eigenvalue weighted by Crippen LogP contribution is -2.70. The number of carboxylic acid groups (broad SMARTS) is 1. The van der Waals surface area contributed by atoms with Gasteiger partial charge in [0, 0.05) is 12.6 Å². The van der Waals surface area contributed by atoms with E-state index in [2.05, 4.69) is 0 Å². The maximum atomic E-state index is 12.3. The lowest BCUT2D eigenvalue weighted by atomic mass is 9.49. The minimum absolute atomic E-state index is 0.0211. The zero-order valence-corrected chi connectivity index (χ0v) is 13.0. The number of hydrogen-bond donors (Lipinski definition) is 1. The van der Waals surface area contributed by atoms with Gasteiger partial charge in [-0.1, -0.05) is 13.8 Å². The summed E-state index contributed by atoms with van der Waals surface area (Å²) in [5, 5.41) is 9.38. The molecule has 2 fully saturated rings. The average molecular weight is 283 g/mol. The Morgan fingerprint density at radius 2 is 1.90 bits per heavy atom. The van der Waals surface area contributed by atoms with E-state index in [0.29, 0.717) is 6.54 Å². The van der Waals surface area contributed by atoms with Crippen LogP contribution in [0.15, 0.2) is 0 Å². The molecule has 2 aliphatic rings. The Bertz CT molecular complexity index is 424. The van der Waals surface area contributed by atoms with E-state index in [-0.39, 0.29) is 24.0 Å². The normalized spacial score (nSPS) is 32.0. The monoisotopic (exact) mass is 283 g/mol. The highest BCUT2D eigenvalue weighted by atomic mass is 16.6. The zero-order valence-electron chi connectivity index (χ0n) is 13.0. The summed E-state index contributed by atoms with van der Waals surface area (Å²) in [5.41, 5.74) is -0.919. The van der Waals surface area contributed by atoms with Crippen LogP contribution in [0.2, 0.25) is 0 Å². The summed E-state index contributed by atoms with van der Waals surface area (Å²) in [5.74, 6) is -1.05. The fourth-order valence-corrected chi connectivity index (χ4v) is 3.97. The number of rotatable bonds is 1. The topological polar surface area (TPSA) is 66.8 Å². The van der Waals surface area contributed by atoms with E-state index >= 15 is 0 Å². The van der Waals surface area contributed by atoms with Gasteiger partial charge in [0.2, 0.25) is 0 Å². The van der Waals surface area contributed by atoms with Crippen molar-refractivity contribution in [3.63, 3.8) is 0 Å². The second kappa shape index (κ2) is 4.64. The maximum Gasteiger partial charge on any atom is 0.410 e. The molecule has 3 atom stereocenters. The number of hydrogen-bond acceptors (Lipinski definition) is 3. The first-order valence-electron chi connectivity index (χ1n) is 7.28. The molecule has 1 N–H and O–H groups in total. The summed E-state index contributed by atoms with van der Waals surface area (Å²) < 4.78 is 5.46. The van der Waals surface area contributed by atoms with Crippen LogP contribution in [0, 0.1) is 17.3 Å². The van der Waals surface area contributed by atoms with Crippen LogP contribution in [0.1, 0.15) is 47.5 Å².